The Hall–Kier alpha value is -2.36. The van der Waals surface area contributed by atoms with Crippen molar-refractivity contribution in [2.45, 2.75) is 25.9 Å². The lowest BCUT2D eigenvalue weighted by Gasteiger charge is -2.22. The number of nitrogens with zero attached hydrogens (tertiary/aromatic N) is 2. The van der Waals surface area contributed by atoms with Crippen molar-refractivity contribution in [3.8, 4) is 17.2 Å². The number of rotatable bonds is 8. The molecule has 1 aliphatic heterocycles. The molecule has 8 heteroatoms. The van der Waals surface area contributed by atoms with Crippen LogP contribution in [0, 0.1) is 0 Å². The summed E-state index contributed by atoms with van der Waals surface area (Å²) in [7, 11) is 5.03. The number of para-hydroxylation sites is 2. The monoisotopic (exact) mass is 540 g/mol. The smallest absolute Gasteiger partial charge is 0.191 e. The van der Waals surface area contributed by atoms with Gasteiger partial charge in [-0.15, -0.1) is 24.0 Å². The van der Waals surface area contributed by atoms with Gasteiger partial charge in [0.25, 0.3) is 0 Å². The molecule has 0 radical (unpaired) electrons. The number of benzene rings is 2. The van der Waals surface area contributed by atoms with Crippen LogP contribution in [0.3, 0.4) is 0 Å². The average molecular weight is 540 g/mol. The third-order valence-corrected chi connectivity index (χ3v) is 5.20. The van der Waals surface area contributed by atoms with Gasteiger partial charge in [-0.1, -0.05) is 12.1 Å². The summed E-state index contributed by atoms with van der Waals surface area (Å²) < 4.78 is 16.3. The first-order chi connectivity index (χ1) is 14.7. The van der Waals surface area contributed by atoms with Crippen LogP contribution in [0.4, 0.5) is 5.69 Å². The number of halogens is 1. The van der Waals surface area contributed by atoms with Crippen molar-refractivity contribution in [2.75, 3.05) is 45.9 Å². The Labute approximate surface area is 202 Å². The van der Waals surface area contributed by atoms with E-state index in [9.17, 15) is 0 Å². The van der Waals surface area contributed by atoms with Gasteiger partial charge in [0.2, 0.25) is 0 Å². The first kappa shape index (κ1) is 24.9. The van der Waals surface area contributed by atoms with Gasteiger partial charge in [0.1, 0.15) is 17.2 Å². The van der Waals surface area contributed by atoms with Crippen LogP contribution in [0.2, 0.25) is 0 Å². The summed E-state index contributed by atoms with van der Waals surface area (Å²) >= 11 is 0. The molecule has 2 aromatic rings. The molecule has 1 saturated heterocycles. The number of methoxy groups -OCH3 is 3. The van der Waals surface area contributed by atoms with Crippen molar-refractivity contribution in [1.29, 1.82) is 0 Å². The number of anilines is 1. The van der Waals surface area contributed by atoms with Gasteiger partial charge < -0.3 is 29.7 Å². The van der Waals surface area contributed by atoms with Gasteiger partial charge in [-0.25, -0.2) is 4.99 Å². The molecule has 2 N–H and O–H groups in total. The highest BCUT2D eigenvalue weighted by Gasteiger charge is 2.25. The van der Waals surface area contributed by atoms with Crippen LogP contribution in [0.5, 0.6) is 17.2 Å². The van der Waals surface area contributed by atoms with Gasteiger partial charge in [0, 0.05) is 37.3 Å². The third kappa shape index (κ3) is 6.56. The summed E-state index contributed by atoms with van der Waals surface area (Å²) in [4.78, 5) is 7.13. The molecule has 1 fully saturated rings. The molecule has 1 atom stereocenters. The Morgan fingerprint density at radius 1 is 1.06 bits per heavy atom. The standard InChI is InChI=1S/C23H32N4O3.HI/c1-5-24-23(25-15-17-10-11-19(28-2)14-22(17)30-4)26-18-12-13-27(16-18)20-8-6-7-9-21(20)29-3;/h6-11,14,18H,5,12-13,15-16H2,1-4H3,(H2,24,25,26);1H. The van der Waals surface area contributed by atoms with Crippen molar-refractivity contribution in [3.63, 3.8) is 0 Å². The molecule has 7 nitrogen and oxygen atoms in total. The average Bonchev–Trinajstić information content (AvgIpc) is 3.25. The number of hydrogen-bond acceptors (Lipinski definition) is 5. The van der Waals surface area contributed by atoms with E-state index in [-0.39, 0.29) is 24.0 Å². The molecule has 1 heterocycles. The minimum absolute atomic E-state index is 0. The van der Waals surface area contributed by atoms with Crippen LogP contribution in [0.15, 0.2) is 47.5 Å². The summed E-state index contributed by atoms with van der Waals surface area (Å²) in [5.41, 5.74) is 2.15. The second-order valence-electron chi connectivity index (χ2n) is 7.12. The molecule has 0 spiro atoms. The Morgan fingerprint density at radius 3 is 2.55 bits per heavy atom. The summed E-state index contributed by atoms with van der Waals surface area (Å²) in [5.74, 6) is 3.26. The lowest BCUT2D eigenvalue weighted by Crippen LogP contribution is -2.44. The minimum atomic E-state index is 0. The molecule has 31 heavy (non-hydrogen) atoms. The van der Waals surface area contributed by atoms with Crippen LogP contribution in [0.25, 0.3) is 0 Å². The molecule has 0 aliphatic carbocycles. The van der Waals surface area contributed by atoms with E-state index in [0.717, 1.165) is 60.5 Å². The van der Waals surface area contributed by atoms with Crippen molar-refractivity contribution in [1.82, 2.24) is 10.6 Å². The predicted octanol–water partition coefficient (Wildman–Crippen LogP) is 3.66. The van der Waals surface area contributed by atoms with E-state index < -0.39 is 0 Å². The third-order valence-electron chi connectivity index (χ3n) is 5.20. The van der Waals surface area contributed by atoms with Crippen LogP contribution in [-0.4, -0.2) is 53.0 Å². The highest BCUT2D eigenvalue weighted by atomic mass is 127. The molecule has 0 saturated carbocycles. The van der Waals surface area contributed by atoms with Gasteiger partial charge in [0.15, 0.2) is 5.96 Å². The zero-order chi connectivity index (χ0) is 21.3. The second kappa shape index (κ2) is 12.5. The van der Waals surface area contributed by atoms with Gasteiger partial charge >= 0.3 is 0 Å². The first-order valence-corrected chi connectivity index (χ1v) is 10.3. The van der Waals surface area contributed by atoms with Crippen LogP contribution in [0.1, 0.15) is 18.9 Å². The van der Waals surface area contributed by atoms with E-state index in [0.29, 0.717) is 12.6 Å². The molecule has 0 aromatic heterocycles. The quantitative estimate of drug-likeness (QED) is 0.303. The van der Waals surface area contributed by atoms with Crippen LogP contribution >= 0.6 is 24.0 Å². The van der Waals surface area contributed by atoms with Gasteiger partial charge in [-0.05, 0) is 37.6 Å². The van der Waals surface area contributed by atoms with E-state index in [1.165, 1.54) is 0 Å². The lowest BCUT2D eigenvalue weighted by atomic mass is 10.2. The largest absolute Gasteiger partial charge is 0.497 e. The molecular formula is C23H33IN4O3. The van der Waals surface area contributed by atoms with E-state index >= 15 is 0 Å². The Bertz CT molecular complexity index is 862. The summed E-state index contributed by atoms with van der Waals surface area (Å²) in [6.45, 7) is 5.27. The number of aliphatic imine (C=N–C) groups is 1. The topological polar surface area (TPSA) is 67.4 Å². The van der Waals surface area contributed by atoms with Crippen LogP contribution < -0.4 is 29.7 Å². The van der Waals surface area contributed by atoms with Crippen molar-refractivity contribution in [2.24, 2.45) is 4.99 Å². The van der Waals surface area contributed by atoms with Crippen molar-refractivity contribution in [3.05, 3.63) is 48.0 Å². The number of hydrogen-bond donors (Lipinski definition) is 2. The highest BCUT2D eigenvalue weighted by molar-refractivity contribution is 14.0. The molecule has 3 rings (SSSR count). The molecular weight excluding hydrogens is 507 g/mol. The van der Waals surface area contributed by atoms with Crippen LogP contribution in [-0.2, 0) is 6.54 Å². The normalized spacial score (nSPS) is 15.8. The molecule has 1 unspecified atom stereocenters. The Balaban J connectivity index is 0.00000341. The first-order valence-electron chi connectivity index (χ1n) is 10.3. The molecule has 1 aliphatic rings. The van der Waals surface area contributed by atoms with E-state index in [1.807, 2.05) is 36.4 Å². The van der Waals surface area contributed by atoms with E-state index in [1.54, 1.807) is 21.3 Å². The fraction of sp³-hybridized carbons (Fsp3) is 0.435. The van der Waals surface area contributed by atoms with Gasteiger partial charge in [-0.2, -0.15) is 0 Å². The maximum absolute atomic E-state index is 5.52. The fourth-order valence-electron chi connectivity index (χ4n) is 3.65. The maximum Gasteiger partial charge on any atom is 0.191 e. The number of nitrogens with one attached hydrogen (secondary N) is 2. The molecule has 0 bridgehead atoms. The van der Waals surface area contributed by atoms with Gasteiger partial charge in [0.05, 0.1) is 33.6 Å². The van der Waals surface area contributed by atoms with E-state index in [4.69, 9.17) is 19.2 Å². The SMILES string of the molecule is CCNC(=NCc1ccc(OC)cc1OC)NC1CCN(c2ccccc2OC)C1.I. The minimum Gasteiger partial charge on any atom is -0.497 e. The lowest BCUT2D eigenvalue weighted by molar-refractivity contribution is 0.391. The Kier molecular flexibility index (Phi) is 10.0. The highest BCUT2D eigenvalue weighted by Crippen LogP contribution is 2.30. The van der Waals surface area contributed by atoms with Gasteiger partial charge in [-0.3, -0.25) is 0 Å². The number of guanidine groups is 1. The number of ether oxygens (including phenoxy) is 3. The molecule has 170 valence electrons. The maximum atomic E-state index is 5.52. The Morgan fingerprint density at radius 2 is 1.84 bits per heavy atom. The second-order valence-corrected chi connectivity index (χ2v) is 7.12. The fourth-order valence-corrected chi connectivity index (χ4v) is 3.65. The van der Waals surface area contributed by atoms with Crippen molar-refractivity contribution >= 4 is 35.6 Å². The predicted molar refractivity (Wildman–Crippen MR) is 137 cm³/mol. The molecule has 0 amide bonds. The summed E-state index contributed by atoms with van der Waals surface area (Å²) in [5, 5.41) is 6.92. The summed E-state index contributed by atoms with van der Waals surface area (Å²) in [6, 6.07) is 14.3. The zero-order valence-electron chi connectivity index (χ0n) is 18.7. The molecule has 2 aromatic carbocycles. The summed E-state index contributed by atoms with van der Waals surface area (Å²) in [6.07, 6.45) is 1.04. The van der Waals surface area contributed by atoms with E-state index in [2.05, 4.69) is 28.5 Å². The zero-order valence-corrected chi connectivity index (χ0v) is 21.0. The van der Waals surface area contributed by atoms with Crippen molar-refractivity contribution < 1.29 is 14.2 Å².